The van der Waals surface area contributed by atoms with E-state index >= 15 is 0 Å². The maximum absolute atomic E-state index is 6.35. The first-order valence-electron chi connectivity index (χ1n) is 6.50. The summed E-state index contributed by atoms with van der Waals surface area (Å²) in [6, 6.07) is 8.34. The van der Waals surface area contributed by atoms with E-state index < -0.39 is 0 Å². The van der Waals surface area contributed by atoms with Gasteiger partial charge < -0.3 is 15.8 Å². The third-order valence-corrected chi connectivity index (χ3v) is 3.45. The molecular formula is C14H22N2O. The zero-order valence-electron chi connectivity index (χ0n) is 10.5. The maximum Gasteiger partial charge on any atom is 0.119 e. The Kier molecular flexibility index (Phi) is 4.40. The molecule has 3 nitrogen and oxygen atoms in total. The van der Waals surface area contributed by atoms with Gasteiger partial charge in [-0.1, -0.05) is 12.1 Å². The second-order valence-corrected chi connectivity index (χ2v) is 4.62. The van der Waals surface area contributed by atoms with Crippen molar-refractivity contribution in [1.29, 1.82) is 0 Å². The van der Waals surface area contributed by atoms with Crippen molar-refractivity contribution >= 4 is 0 Å². The van der Waals surface area contributed by atoms with Crippen LogP contribution in [0.1, 0.15) is 31.4 Å². The number of nitrogens with two attached hydrogens (primary N) is 1. The monoisotopic (exact) mass is 234 g/mol. The number of hydrogen-bond donors (Lipinski definition) is 2. The lowest BCUT2D eigenvalue weighted by Gasteiger charge is -2.28. The fourth-order valence-electron chi connectivity index (χ4n) is 2.45. The molecule has 94 valence electrons. The molecule has 1 aromatic rings. The van der Waals surface area contributed by atoms with Gasteiger partial charge in [0.2, 0.25) is 0 Å². The van der Waals surface area contributed by atoms with Crippen LogP contribution in [0.15, 0.2) is 24.3 Å². The highest BCUT2D eigenvalue weighted by molar-refractivity contribution is 5.30. The van der Waals surface area contributed by atoms with Gasteiger partial charge in [-0.3, -0.25) is 0 Å². The van der Waals surface area contributed by atoms with Gasteiger partial charge in [0.25, 0.3) is 0 Å². The second kappa shape index (κ2) is 6.03. The van der Waals surface area contributed by atoms with Crippen molar-refractivity contribution in [3.63, 3.8) is 0 Å². The predicted molar refractivity (Wildman–Crippen MR) is 70.1 cm³/mol. The lowest BCUT2D eigenvalue weighted by Crippen LogP contribution is -2.33. The Morgan fingerprint density at radius 1 is 1.41 bits per heavy atom. The molecule has 0 unspecified atom stereocenters. The Balaban J connectivity index is 2.06. The SMILES string of the molecule is CCOc1cccc([C@H](N)C2CCNCC2)c1. The Labute approximate surface area is 103 Å². The number of ether oxygens (including phenoxy) is 1. The molecule has 17 heavy (non-hydrogen) atoms. The quantitative estimate of drug-likeness (QED) is 0.838. The highest BCUT2D eigenvalue weighted by Gasteiger charge is 2.21. The second-order valence-electron chi connectivity index (χ2n) is 4.62. The van der Waals surface area contributed by atoms with E-state index in [2.05, 4.69) is 17.4 Å². The fourth-order valence-corrected chi connectivity index (χ4v) is 2.45. The van der Waals surface area contributed by atoms with Crippen molar-refractivity contribution in [2.75, 3.05) is 19.7 Å². The van der Waals surface area contributed by atoms with E-state index in [1.54, 1.807) is 0 Å². The minimum absolute atomic E-state index is 0.137. The van der Waals surface area contributed by atoms with E-state index in [1.165, 1.54) is 18.4 Å². The molecule has 0 saturated carbocycles. The van der Waals surface area contributed by atoms with Gasteiger partial charge >= 0.3 is 0 Å². The molecule has 1 aliphatic rings. The highest BCUT2D eigenvalue weighted by atomic mass is 16.5. The molecule has 0 aliphatic carbocycles. The molecule has 3 N–H and O–H groups in total. The van der Waals surface area contributed by atoms with Crippen LogP contribution in [0.3, 0.4) is 0 Å². The molecule has 0 aromatic heterocycles. The van der Waals surface area contributed by atoms with E-state index in [0.717, 1.165) is 18.8 Å². The summed E-state index contributed by atoms with van der Waals surface area (Å²) in [4.78, 5) is 0. The molecule has 0 bridgehead atoms. The molecule has 1 aromatic carbocycles. The van der Waals surface area contributed by atoms with Gasteiger partial charge in [-0.25, -0.2) is 0 Å². The summed E-state index contributed by atoms with van der Waals surface area (Å²) >= 11 is 0. The van der Waals surface area contributed by atoms with Crippen molar-refractivity contribution in [1.82, 2.24) is 5.32 Å². The van der Waals surface area contributed by atoms with Gasteiger partial charge in [0.1, 0.15) is 5.75 Å². The lowest BCUT2D eigenvalue weighted by molar-refractivity contribution is 0.318. The molecule has 1 saturated heterocycles. The third-order valence-electron chi connectivity index (χ3n) is 3.45. The summed E-state index contributed by atoms with van der Waals surface area (Å²) in [7, 11) is 0. The normalized spacial score (nSPS) is 18.9. The van der Waals surface area contributed by atoms with Crippen molar-refractivity contribution in [3.05, 3.63) is 29.8 Å². The lowest BCUT2D eigenvalue weighted by atomic mass is 9.86. The Morgan fingerprint density at radius 3 is 2.88 bits per heavy atom. The standard InChI is InChI=1S/C14H22N2O/c1-2-17-13-5-3-4-12(10-13)14(15)11-6-8-16-9-7-11/h3-5,10-11,14,16H,2,6-9,15H2,1H3/t14-/m1/s1. The van der Waals surface area contributed by atoms with Crippen LogP contribution in [0.5, 0.6) is 5.75 Å². The van der Waals surface area contributed by atoms with Crippen molar-refractivity contribution in [2.24, 2.45) is 11.7 Å². The molecule has 0 radical (unpaired) electrons. The summed E-state index contributed by atoms with van der Waals surface area (Å²) in [5.41, 5.74) is 7.55. The Hall–Kier alpha value is -1.06. The van der Waals surface area contributed by atoms with Gasteiger partial charge in [-0.2, -0.15) is 0 Å². The number of hydrogen-bond acceptors (Lipinski definition) is 3. The summed E-state index contributed by atoms with van der Waals surface area (Å²) < 4.78 is 5.52. The van der Waals surface area contributed by atoms with E-state index in [9.17, 15) is 0 Å². The van der Waals surface area contributed by atoms with Crippen LogP contribution < -0.4 is 15.8 Å². The van der Waals surface area contributed by atoms with E-state index in [1.807, 2.05) is 19.1 Å². The first kappa shape index (κ1) is 12.4. The summed E-state index contributed by atoms with van der Waals surface area (Å²) in [5, 5.41) is 3.37. The topological polar surface area (TPSA) is 47.3 Å². The summed E-state index contributed by atoms with van der Waals surface area (Å²) in [5.74, 6) is 1.52. The van der Waals surface area contributed by atoms with Crippen LogP contribution in [0.25, 0.3) is 0 Å². The number of benzene rings is 1. The van der Waals surface area contributed by atoms with Gasteiger partial charge in [0.15, 0.2) is 0 Å². The molecule has 0 amide bonds. The van der Waals surface area contributed by atoms with Crippen molar-refractivity contribution in [3.8, 4) is 5.75 Å². The summed E-state index contributed by atoms with van der Waals surface area (Å²) in [6.45, 7) is 4.87. The molecule has 1 aliphatic heterocycles. The van der Waals surface area contributed by atoms with Gasteiger partial charge in [0.05, 0.1) is 6.61 Å². The zero-order valence-corrected chi connectivity index (χ0v) is 10.5. The molecule has 3 heteroatoms. The van der Waals surface area contributed by atoms with Crippen LogP contribution in [0, 0.1) is 5.92 Å². The van der Waals surface area contributed by atoms with Crippen LogP contribution in [0.4, 0.5) is 0 Å². The summed E-state index contributed by atoms with van der Waals surface area (Å²) in [6.07, 6.45) is 2.33. The molecular weight excluding hydrogens is 212 g/mol. The van der Waals surface area contributed by atoms with Crippen LogP contribution in [-0.4, -0.2) is 19.7 Å². The maximum atomic E-state index is 6.35. The average molecular weight is 234 g/mol. The molecule has 1 atom stereocenters. The van der Waals surface area contributed by atoms with Crippen molar-refractivity contribution < 1.29 is 4.74 Å². The van der Waals surface area contributed by atoms with E-state index in [-0.39, 0.29) is 6.04 Å². The molecule has 1 heterocycles. The zero-order chi connectivity index (χ0) is 12.1. The highest BCUT2D eigenvalue weighted by Crippen LogP contribution is 2.28. The Bertz CT molecular complexity index is 348. The van der Waals surface area contributed by atoms with E-state index in [0.29, 0.717) is 12.5 Å². The fraction of sp³-hybridized carbons (Fsp3) is 0.571. The molecule has 2 rings (SSSR count). The van der Waals surface area contributed by atoms with Gasteiger partial charge in [-0.15, -0.1) is 0 Å². The number of piperidine rings is 1. The minimum Gasteiger partial charge on any atom is -0.494 e. The minimum atomic E-state index is 0.137. The third kappa shape index (κ3) is 3.20. The van der Waals surface area contributed by atoms with E-state index in [4.69, 9.17) is 10.5 Å². The van der Waals surface area contributed by atoms with Crippen LogP contribution in [-0.2, 0) is 0 Å². The van der Waals surface area contributed by atoms with Gasteiger partial charge in [0, 0.05) is 6.04 Å². The largest absolute Gasteiger partial charge is 0.494 e. The molecule has 1 fully saturated rings. The predicted octanol–water partition coefficient (Wildman–Crippen LogP) is 2.08. The first-order chi connectivity index (χ1) is 8.31. The number of nitrogens with one attached hydrogen (secondary N) is 1. The average Bonchev–Trinajstić information content (AvgIpc) is 2.40. The smallest absolute Gasteiger partial charge is 0.119 e. The Morgan fingerprint density at radius 2 is 2.18 bits per heavy atom. The van der Waals surface area contributed by atoms with Crippen LogP contribution >= 0.6 is 0 Å². The number of rotatable bonds is 4. The van der Waals surface area contributed by atoms with Gasteiger partial charge in [-0.05, 0) is 56.5 Å². The van der Waals surface area contributed by atoms with Crippen molar-refractivity contribution in [2.45, 2.75) is 25.8 Å². The van der Waals surface area contributed by atoms with Crippen LogP contribution in [0.2, 0.25) is 0 Å². The first-order valence-corrected chi connectivity index (χ1v) is 6.50. The molecule has 0 spiro atoms.